The lowest BCUT2D eigenvalue weighted by Crippen LogP contribution is -2.47. The predicted molar refractivity (Wildman–Crippen MR) is 86.4 cm³/mol. The molecule has 0 aromatic heterocycles. The third-order valence-corrected chi connectivity index (χ3v) is 5.33. The van der Waals surface area contributed by atoms with Crippen LogP contribution in [-0.2, 0) is 0 Å². The van der Waals surface area contributed by atoms with Gasteiger partial charge in [0.2, 0.25) is 0 Å². The normalized spacial score (nSPS) is 29.2. The minimum atomic E-state index is 0.234. The van der Waals surface area contributed by atoms with Gasteiger partial charge in [-0.05, 0) is 43.1 Å². The molecular formula is C18H34N2. The lowest BCUT2D eigenvalue weighted by Gasteiger charge is -2.44. The molecule has 1 aliphatic rings. The molecular weight excluding hydrogens is 244 g/mol. The standard InChI is InChI=1S/C18H34N2/c1-7-14(3)13-20(8-2)17-11-16(18(4,5)6)10-9-15(17)12-19/h14-17H,7-11,13H2,1-6H3. The van der Waals surface area contributed by atoms with Gasteiger partial charge < -0.3 is 0 Å². The molecule has 0 N–H and O–H groups in total. The van der Waals surface area contributed by atoms with Crippen molar-refractivity contribution in [2.45, 2.75) is 73.3 Å². The Hall–Kier alpha value is -0.550. The summed E-state index contributed by atoms with van der Waals surface area (Å²) in [4.78, 5) is 2.58. The predicted octanol–water partition coefficient (Wildman–Crippen LogP) is 4.71. The Morgan fingerprint density at radius 1 is 1.25 bits per heavy atom. The Labute approximate surface area is 126 Å². The SMILES string of the molecule is CCC(C)CN(CC)C1CC(C(C)(C)C)CCC1C#N. The molecule has 1 aliphatic carbocycles. The number of rotatable bonds is 5. The molecule has 20 heavy (non-hydrogen) atoms. The molecule has 0 heterocycles. The van der Waals surface area contributed by atoms with Gasteiger partial charge in [-0.2, -0.15) is 5.26 Å². The Bertz CT molecular complexity index is 323. The van der Waals surface area contributed by atoms with E-state index in [4.69, 9.17) is 0 Å². The van der Waals surface area contributed by atoms with Crippen LogP contribution in [0.25, 0.3) is 0 Å². The van der Waals surface area contributed by atoms with Crippen LogP contribution in [0.2, 0.25) is 0 Å². The highest BCUT2D eigenvalue weighted by molar-refractivity contribution is 4.99. The first-order valence-electron chi connectivity index (χ1n) is 8.47. The minimum Gasteiger partial charge on any atom is -0.299 e. The summed E-state index contributed by atoms with van der Waals surface area (Å²) in [5.74, 6) is 1.71. The fourth-order valence-electron chi connectivity index (χ4n) is 3.52. The highest BCUT2D eigenvalue weighted by Gasteiger charge is 2.38. The third kappa shape index (κ3) is 4.48. The molecule has 0 aromatic rings. The van der Waals surface area contributed by atoms with Gasteiger partial charge >= 0.3 is 0 Å². The van der Waals surface area contributed by atoms with Gasteiger partial charge in [-0.15, -0.1) is 0 Å². The lowest BCUT2D eigenvalue weighted by molar-refractivity contribution is 0.0550. The Morgan fingerprint density at radius 2 is 1.90 bits per heavy atom. The van der Waals surface area contributed by atoms with Gasteiger partial charge in [0.15, 0.2) is 0 Å². The van der Waals surface area contributed by atoms with E-state index in [-0.39, 0.29) is 5.92 Å². The molecule has 1 rings (SSSR count). The van der Waals surface area contributed by atoms with Gasteiger partial charge in [0.25, 0.3) is 0 Å². The van der Waals surface area contributed by atoms with E-state index in [0.717, 1.165) is 31.3 Å². The van der Waals surface area contributed by atoms with Crippen molar-refractivity contribution in [3.63, 3.8) is 0 Å². The molecule has 4 atom stereocenters. The van der Waals surface area contributed by atoms with Gasteiger partial charge in [0.1, 0.15) is 0 Å². The zero-order valence-corrected chi connectivity index (χ0v) is 14.4. The van der Waals surface area contributed by atoms with Crippen LogP contribution < -0.4 is 0 Å². The van der Waals surface area contributed by atoms with Crippen LogP contribution >= 0.6 is 0 Å². The highest BCUT2D eigenvalue weighted by Crippen LogP contribution is 2.41. The Balaban J connectivity index is 2.82. The molecule has 2 heteroatoms. The van der Waals surface area contributed by atoms with E-state index in [1.807, 2.05) is 0 Å². The molecule has 0 radical (unpaired) electrons. The maximum absolute atomic E-state index is 9.51. The number of hydrogen-bond acceptors (Lipinski definition) is 2. The molecule has 0 amide bonds. The second kappa shape index (κ2) is 7.46. The van der Waals surface area contributed by atoms with Gasteiger partial charge in [-0.3, -0.25) is 4.90 Å². The Morgan fingerprint density at radius 3 is 2.35 bits per heavy atom. The summed E-state index contributed by atoms with van der Waals surface area (Å²) >= 11 is 0. The molecule has 0 bridgehead atoms. The summed E-state index contributed by atoms with van der Waals surface area (Å²) in [5.41, 5.74) is 0.370. The first kappa shape index (κ1) is 17.5. The molecule has 0 aromatic carbocycles. The lowest BCUT2D eigenvalue weighted by atomic mass is 9.67. The first-order chi connectivity index (χ1) is 9.33. The average molecular weight is 278 g/mol. The van der Waals surface area contributed by atoms with Crippen molar-refractivity contribution in [3.05, 3.63) is 0 Å². The summed E-state index contributed by atoms with van der Waals surface area (Å²) in [6.07, 6.45) is 4.73. The molecule has 4 unspecified atom stereocenters. The van der Waals surface area contributed by atoms with Crippen LogP contribution in [0.4, 0.5) is 0 Å². The van der Waals surface area contributed by atoms with Gasteiger partial charge in [-0.25, -0.2) is 0 Å². The van der Waals surface area contributed by atoms with E-state index in [2.05, 4.69) is 52.5 Å². The summed E-state index contributed by atoms with van der Waals surface area (Å²) in [6, 6.07) is 3.06. The largest absolute Gasteiger partial charge is 0.299 e. The smallest absolute Gasteiger partial charge is 0.0672 e. The van der Waals surface area contributed by atoms with Crippen LogP contribution in [0.5, 0.6) is 0 Å². The maximum atomic E-state index is 9.51. The van der Waals surface area contributed by atoms with Crippen LogP contribution in [0.3, 0.4) is 0 Å². The van der Waals surface area contributed by atoms with E-state index < -0.39 is 0 Å². The maximum Gasteiger partial charge on any atom is 0.0672 e. The van der Waals surface area contributed by atoms with E-state index in [9.17, 15) is 5.26 Å². The fourth-order valence-corrected chi connectivity index (χ4v) is 3.52. The number of hydrogen-bond donors (Lipinski definition) is 0. The van der Waals surface area contributed by atoms with Crippen molar-refractivity contribution in [2.75, 3.05) is 13.1 Å². The molecule has 0 saturated heterocycles. The van der Waals surface area contributed by atoms with Crippen molar-refractivity contribution in [3.8, 4) is 6.07 Å². The van der Waals surface area contributed by atoms with Crippen molar-refractivity contribution in [2.24, 2.45) is 23.2 Å². The molecule has 0 aliphatic heterocycles. The highest BCUT2D eigenvalue weighted by atomic mass is 15.2. The van der Waals surface area contributed by atoms with Crippen LogP contribution in [-0.4, -0.2) is 24.0 Å². The van der Waals surface area contributed by atoms with Gasteiger partial charge in [0.05, 0.1) is 12.0 Å². The monoisotopic (exact) mass is 278 g/mol. The van der Waals surface area contributed by atoms with E-state index >= 15 is 0 Å². The Kier molecular flexibility index (Phi) is 6.52. The van der Waals surface area contributed by atoms with E-state index in [1.165, 1.54) is 19.3 Å². The van der Waals surface area contributed by atoms with Crippen LogP contribution in [0, 0.1) is 34.5 Å². The van der Waals surface area contributed by atoms with Crippen LogP contribution in [0.15, 0.2) is 0 Å². The summed E-state index contributed by atoms with van der Waals surface area (Å²) < 4.78 is 0. The fraction of sp³-hybridized carbons (Fsp3) is 0.944. The minimum absolute atomic E-state index is 0.234. The molecule has 0 spiro atoms. The molecule has 1 fully saturated rings. The average Bonchev–Trinajstić information content (AvgIpc) is 2.42. The van der Waals surface area contributed by atoms with Crippen molar-refractivity contribution >= 4 is 0 Å². The molecule has 2 nitrogen and oxygen atoms in total. The zero-order chi connectivity index (χ0) is 15.3. The topological polar surface area (TPSA) is 27.0 Å². The van der Waals surface area contributed by atoms with Crippen molar-refractivity contribution in [1.82, 2.24) is 4.90 Å². The second-order valence-electron chi connectivity index (χ2n) is 7.78. The molecule has 116 valence electrons. The molecule has 1 saturated carbocycles. The summed E-state index contributed by atoms with van der Waals surface area (Å²) in [5, 5.41) is 9.51. The van der Waals surface area contributed by atoms with Crippen LogP contribution in [0.1, 0.15) is 67.2 Å². The van der Waals surface area contributed by atoms with Crippen molar-refractivity contribution < 1.29 is 0 Å². The van der Waals surface area contributed by atoms with E-state index in [0.29, 0.717) is 11.5 Å². The summed E-state index contributed by atoms with van der Waals surface area (Å²) in [7, 11) is 0. The van der Waals surface area contributed by atoms with E-state index in [1.54, 1.807) is 0 Å². The number of nitriles is 1. The third-order valence-electron chi connectivity index (χ3n) is 5.33. The zero-order valence-electron chi connectivity index (χ0n) is 14.4. The quantitative estimate of drug-likeness (QED) is 0.728. The van der Waals surface area contributed by atoms with Gasteiger partial charge in [-0.1, -0.05) is 48.0 Å². The second-order valence-corrected chi connectivity index (χ2v) is 7.78. The number of nitrogens with zero attached hydrogens (tertiary/aromatic N) is 2. The van der Waals surface area contributed by atoms with Crippen molar-refractivity contribution in [1.29, 1.82) is 5.26 Å². The van der Waals surface area contributed by atoms with Gasteiger partial charge in [0, 0.05) is 12.6 Å². The first-order valence-corrected chi connectivity index (χ1v) is 8.47. The summed E-state index contributed by atoms with van der Waals surface area (Å²) in [6.45, 7) is 16.1.